The number of anilines is 6. The maximum Gasteiger partial charge on any atom is 0.118 e. The molecule has 0 N–H and O–H groups in total. The van der Waals surface area contributed by atoms with Crippen molar-refractivity contribution in [1.29, 1.82) is 0 Å². The van der Waals surface area contributed by atoms with Crippen LogP contribution in [-0.2, 0) is 10.8 Å². The van der Waals surface area contributed by atoms with Gasteiger partial charge in [0.25, 0.3) is 0 Å². The summed E-state index contributed by atoms with van der Waals surface area (Å²) in [5, 5.41) is 0. The van der Waals surface area contributed by atoms with Gasteiger partial charge in [-0.25, -0.2) is 0 Å². The summed E-state index contributed by atoms with van der Waals surface area (Å²) in [5.41, 5.74) is 15.5. The number of hydrogen-bond acceptors (Lipinski definition) is 6. The van der Waals surface area contributed by atoms with E-state index in [1.165, 1.54) is 75.6 Å². The van der Waals surface area contributed by atoms with Crippen LogP contribution < -0.4 is 19.3 Å². The fourth-order valence-electron chi connectivity index (χ4n) is 11.2. The Labute approximate surface area is 392 Å². The highest BCUT2D eigenvalue weighted by molar-refractivity contribution is 7.17. The molecular formula is C60H42N2O2S2. The number of thiophene rings is 2. The number of nitrogens with zero attached hydrogens (tertiary/aromatic N) is 2. The highest BCUT2D eigenvalue weighted by atomic mass is 32.1. The van der Waals surface area contributed by atoms with Gasteiger partial charge in [0.05, 0.1) is 47.8 Å². The maximum absolute atomic E-state index is 5.70. The Bertz CT molecular complexity index is 3090. The Morgan fingerprint density at radius 2 is 0.636 bits per heavy atom. The molecule has 0 radical (unpaired) electrons. The summed E-state index contributed by atoms with van der Waals surface area (Å²) in [7, 11) is 3.47. The molecule has 2 spiro atoms. The number of fused-ring (bicyclic) bond motifs is 14. The number of hydrogen-bond donors (Lipinski definition) is 0. The monoisotopic (exact) mass is 886 g/mol. The van der Waals surface area contributed by atoms with Gasteiger partial charge >= 0.3 is 0 Å². The van der Waals surface area contributed by atoms with E-state index in [2.05, 4.69) is 228 Å². The van der Waals surface area contributed by atoms with E-state index in [0.29, 0.717) is 0 Å². The van der Waals surface area contributed by atoms with Crippen LogP contribution in [-0.4, -0.2) is 14.2 Å². The molecule has 0 atom stereocenters. The van der Waals surface area contributed by atoms with Crippen molar-refractivity contribution in [2.75, 3.05) is 24.0 Å². The average molecular weight is 887 g/mol. The summed E-state index contributed by atoms with van der Waals surface area (Å²) < 4.78 is 11.4. The molecule has 0 fully saturated rings. The summed E-state index contributed by atoms with van der Waals surface area (Å²) in [6, 6.07) is 80.6. The Morgan fingerprint density at radius 1 is 0.333 bits per heavy atom. The third-order valence-electron chi connectivity index (χ3n) is 13.9. The van der Waals surface area contributed by atoms with Gasteiger partial charge in [-0.2, -0.15) is 0 Å². The number of methoxy groups -OCH3 is 2. The van der Waals surface area contributed by atoms with Crippen LogP contribution in [0.15, 0.2) is 218 Å². The van der Waals surface area contributed by atoms with Crippen molar-refractivity contribution in [3.63, 3.8) is 0 Å². The van der Waals surface area contributed by atoms with E-state index in [9.17, 15) is 0 Å². The molecule has 8 aromatic carbocycles. The molecule has 1 aliphatic carbocycles. The molecule has 4 nitrogen and oxygen atoms in total. The van der Waals surface area contributed by atoms with Crippen molar-refractivity contribution in [3.8, 4) is 32.4 Å². The molecule has 2 aromatic heterocycles. The van der Waals surface area contributed by atoms with E-state index in [1.807, 2.05) is 22.7 Å². The molecule has 0 unspecified atom stereocenters. The SMILES string of the molecule is COc1ccc(-c2cc3c(s2)C2(c4ccccc4N(c4ccccc4)c4ccccc42)c2cc(-c4ccc(OC)cc4)sc2C32c3ccccc3N(c3ccccc3)c3ccccc32)cc1. The Kier molecular flexibility index (Phi) is 8.79. The second kappa shape index (κ2) is 15.0. The third kappa shape index (κ3) is 5.31. The highest BCUT2D eigenvalue weighted by Gasteiger charge is 2.61. The third-order valence-corrected chi connectivity index (χ3v) is 16.5. The van der Waals surface area contributed by atoms with Crippen LogP contribution in [0.1, 0.15) is 43.1 Å². The van der Waals surface area contributed by atoms with E-state index >= 15 is 0 Å². The van der Waals surface area contributed by atoms with Crippen molar-refractivity contribution in [1.82, 2.24) is 0 Å². The molecule has 10 aromatic rings. The summed E-state index contributed by atoms with van der Waals surface area (Å²) in [4.78, 5) is 10.0. The molecule has 0 saturated carbocycles. The molecular weight excluding hydrogens is 845 g/mol. The lowest BCUT2D eigenvalue weighted by atomic mass is 9.53. The lowest BCUT2D eigenvalue weighted by molar-refractivity contribution is 0.415. The van der Waals surface area contributed by atoms with Crippen LogP contribution in [0.5, 0.6) is 11.5 Å². The zero-order valence-corrected chi connectivity index (χ0v) is 37.9. The van der Waals surface area contributed by atoms with Crippen LogP contribution in [0.3, 0.4) is 0 Å². The highest BCUT2D eigenvalue weighted by Crippen LogP contribution is 2.71. The van der Waals surface area contributed by atoms with Crippen molar-refractivity contribution in [3.05, 3.63) is 262 Å². The molecule has 3 aliphatic rings. The van der Waals surface area contributed by atoms with Crippen LogP contribution in [0.25, 0.3) is 20.9 Å². The van der Waals surface area contributed by atoms with E-state index in [-0.39, 0.29) is 0 Å². The lowest BCUT2D eigenvalue weighted by Crippen LogP contribution is -2.47. The van der Waals surface area contributed by atoms with Gasteiger partial charge in [0.15, 0.2) is 0 Å². The van der Waals surface area contributed by atoms with Gasteiger partial charge in [-0.05, 0) is 154 Å². The Hall–Kier alpha value is -7.64. The molecule has 0 saturated heterocycles. The van der Waals surface area contributed by atoms with Crippen LogP contribution in [0.4, 0.5) is 34.1 Å². The lowest BCUT2D eigenvalue weighted by Gasteiger charge is -2.53. The quantitative estimate of drug-likeness (QED) is 0.166. The normalized spacial score (nSPS) is 14.4. The molecule has 66 heavy (non-hydrogen) atoms. The van der Waals surface area contributed by atoms with Gasteiger partial charge in [0.2, 0.25) is 0 Å². The van der Waals surface area contributed by atoms with Gasteiger partial charge in [0, 0.05) is 30.9 Å². The minimum atomic E-state index is -0.703. The predicted octanol–water partition coefficient (Wildman–Crippen LogP) is 15.8. The first kappa shape index (κ1) is 38.8. The van der Waals surface area contributed by atoms with Crippen molar-refractivity contribution in [2.24, 2.45) is 0 Å². The van der Waals surface area contributed by atoms with Gasteiger partial charge in [-0.3, -0.25) is 0 Å². The van der Waals surface area contributed by atoms with E-state index in [4.69, 9.17) is 9.47 Å². The molecule has 0 bridgehead atoms. The first-order valence-corrected chi connectivity index (χ1v) is 23.9. The van der Waals surface area contributed by atoms with Crippen molar-refractivity contribution < 1.29 is 9.47 Å². The maximum atomic E-state index is 5.70. The summed E-state index contributed by atoms with van der Waals surface area (Å²) in [5.74, 6) is 1.68. The van der Waals surface area contributed by atoms with Gasteiger partial charge in [-0.1, -0.05) is 109 Å². The fourth-order valence-corrected chi connectivity index (χ4v) is 14.1. The van der Waals surface area contributed by atoms with E-state index in [1.54, 1.807) is 14.2 Å². The van der Waals surface area contributed by atoms with Crippen molar-refractivity contribution >= 4 is 56.8 Å². The van der Waals surface area contributed by atoms with Crippen LogP contribution in [0.2, 0.25) is 0 Å². The van der Waals surface area contributed by atoms with Gasteiger partial charge in [-0.15, -0.1) is 22.7 Å². The first-order chi connectivity index (χ1) is 32.6. The molecule has 316 valence electrons. The standard InChI is InChI=1S/C60H42N2O2S2/c1-63-43-33-29-39(30-34-43)55-37-49-57(65-55)60(47-23-11-15-27-53(47)62(42-19-7-4-8-20-42)54-28-16-12-24-48(54)60)50-38-56(40-31-35-44(64-2)36-32-40)66-58(50)59(49)45-21-9-13-25-51(45)61(41-17-5-3-6-18-41)52-26-14-10-22-46(52)59/h3-38H,1-2H3. The van der Waals surface area contributed by atoms with Crippen LogP contribution in [0, 0.1) is 0 Å². The summed E-state index contributed by atoms with van der Waals surface area (Å²) in [6.07, 6.45) is 0. The zero-order chi connectivity index (χ0) is 44.0. The molecule has 6 heteroatoms. The van der Waals surface area contributed by atoms with Crippen molar-refractivity contribution in [2.45, 2.75) is 10.8 Å². The second-order valence-corrected chi connectivity index (χ2v) is 19.2. The molecule has 4 heterocycles. The Morgan fingerprint density at radius 3 is 0.955 bits per heavy atom. The molecule has 0 amide bonds. The van der Waals surface area contributed by atoms with Gasteiger partial charge in [0.1, 0.15) is 11.5 Å². The topological polar surface area (TPSA) is 24.9 Å². The predicted molar refractivity (Wildman–Crippen MR) is 273 cm³/mol. The largest absolute Gasteiger partial charge is 0.497 e. The summed E-state index contributed by atoms with van der Waals surface area (Å²) >= 11 is 3.87. The van der Waals surface area contributed by atoms with Gasteiger partial charge < -0.3 is 19.3 Å². The number of para-hydroxylation sites is 6. The Balaban J connectivity index is 1.22. The summed E-state index contributed by atoms with van der Waals surface area (Å²) in [6.45, 7) is 0. The average Bonchev–Trinajstić information content (AvgIpc) is 4.06. The minimum absolute atomic E-state index is 0.703. The second-order valence-electron chi connectivity index (χ2n) is 17.1. The number of ether oxygens (including phenoxy) is 2. The minimum Gasteiger partial charge on any atom is -0.497 e. The number of benzene rings is 8. The fraction of sp³-hybridized carbons (Fsp3) is 0.0667. The smallest absolute Gasteiger partial charge is 0.118 e. The zero-order valence-electron chi connectivity index (χ0n) is 36.3. The van der Waals surface area contributed by atoms with E-state index < -0.39 is 10.8 Å². The first-order valence-electron chi connectivity index (χ1n) is 22.3. The van der Waals surface area contributed by atoms with Crippen LogP contribution >= 0.6 is 22.7 Å². The molecule has 13 rings (SSSR count). The van der Waals surface area contributed by atoms with E-state index in [0.717, 1.165) is 34.0 Å². The molecule has 2 aliphatic heterocycles. The number of rotatable bonds is 6.